The molecule has 1 atom stereocenters. The van der Waals surface area contributed by atoms with Crippen LogP contribution in [0.2, 0.25) is 0 Å². The summed E-state index contributed by atoms with van der Waals surface area (Å²) in [7, 11) is 3.46. The van der Waals surface area contributed by atoms with Gasteiger partial charge in [0.15, 0.2) is 0 Å². The van der Waals surface area contributed by atoms with Crippen LogP contribution >= 0.6 is 15.9 Å². The molecule has 0 radical (unpaired) electrons. The minimum Gasteiger partial charge on any atom is -0.385 e. The van der Waals surface area contributed by atoms with Gasteiger partial charge in [-0.25, -0.2) is 0 Å². The van der Waals surface area contributed by atoms with E-state index in [4.69, 9.17) is 15.2 Å². The van der Waals surface area contributed by atoms with Crippen molar-refractivity contribution in [2.45, 2.75) is 19.4 Å². The number of hydrogen-bond donors (Lipinski definition) is 1. The van der Waals surface area contributed by atoms with Crippen molar-refractivity contribution in [3.63, 3.8) is 0 Å². The Morgan fingerprint density at radius 2 is 1.90 bits per heavy atom. The Bertz CT molecular complexity index is 415. The molecule has 0 amide bonds. The van der Waals surface area contributed by atoms with Crippen molar-refractivity contribution >= 4 is 15.9 Å². The molecule has 0 saturated heterocycles. The van der Waals surface area contributed by atoms with Crippen molar-refractivity contribution in [1.82, 2.24) is 4.90 Å². The first-order valence-corrected chi connectivity index (χ1v) is 8.11. The molecule has 21 heavy (non-hydrogen) atoms. The number of hydrogen-bond acceptors (Lipinski definition) is 4. The second-order valence-corrected chi connectivity index (χ2v) is 6.01. The number of rotatable bonds is 10. The third kappa shape index (κ3) is 6.04. The van der Waals surface area contributed by atoms with Gasteiger partial charge in [0.1, 0.15) is 0 Å². The molecule has 0 saturated carbocycles. The van der Waals surface area contributed by atoms with Crippen LogP contribution in [0.15, 0.2) is 22.7 Å². The zero-order valence-electron chi connectivity index (χ0n) is 13.3. The van der Waals surface area contributed by atoms with Gasteiger partial charge in [0.2, 0.25) is 0 Å². The Kier molecular flexibility index (Phi) is 9.11. The lowest BCUT2D eigenvalue weighted by atomic mass is 10.0. The predicted molar refractivity (Wildman–Crippen MR) is 90.6 cm³/mol. The second kappa shape index (κ2) is 10.3. The van der Waals surface area contributed by atoms with E-state index >= 15 is 0 Å². The topological polar surface area (TPSA) is 47.7 Å². The highest BCUT2D eigenvalue weighted by Crippen LogP contribution is 2.28. The van der Waals surface area contributed by atoms with E-state index in [2.05, 4.69) is 46.0 Å². The van der Waals surface area contributed by atoms with Gasteiger partial charge in [-0.2, -0.15) is 0 Å². The molecule has 1 unspecified atom stereocenters. The first kappa shape index (κ1) is 18.6. The lowest BCUT2D eigenvalue weighted by molar-refractivity contribution is 0.108. The van der Waals surface area contributed by atoms with Gasteiger partial charge >= 0.3 is 0 Å². The highest BCUT2D eigenvalue weighted by molar-refractivity contribution is 9.10. The van der Waals surface area contributed by atoms with Crippen molar-refractivity contribution in [1.29, 1.82) is 0 Å². The van der Waals surface area contributed by atoms with E-state index in [0.717, 1.165) is 30.6 Å². The molecule has 1 rings (SSSR count). The summed E-state index contributed by atoms with van der Waals surface area (Å²) in [6.45, 7) is 5.94. The fraction of sp³-hybridized carbons (Fsp3) is 0.625. The van der Waals surface area contributed by atoms with Gasteiger partial charge in [-0.1, -0.05) is 28.1 Å². The fourth-order valence-electron chi connectivity index (χ4n) is 2.42. The lowest BCUT2D eigenvalue weighted by Crippen LogP contribution is -2.37. The molecule has 0 aliphatic carbocycles. The van der Waals surface area contributed by atoms with Crippen LogP contribution in [0.1, 0.15) is 23.6 Å². The fourth-order valence-corrected chi connectivity index (χ4v) is 3.18. The molecule has 0 spiro atoms. The average Bonchev–Trinajstić information content (AvgIpc) is 2.46. The molecule has 0 aromatic heterocycles. The molecule has 0 aliphatic heterocycles. The number of nitrogens with two attached hydrogens (primary N) is 1. The van der Waals surface area contributed by atoms with Crippen molar-refractivity contribution in [2.24, 2.45) is 5.73 Å². The zero-order valence-corrected chi connectivity index (χ0v) is 14.9. The summed E-state index contributed by atoms with van der Waals surface area (Å²) in [6, 6.07) is 6.62. The van der Waals surface area contributed by atoms with Gasteiger partial charge in [-0.05, 0) is 30.5 Å². The molecule has 0 bridgehead atoms. The third-order valence-electron chi connectivity index (χ3n) is 3.56. The molecule has 120 valence electrons. The zero-order chi connectivity index (χ0) is 15.7. The number of halogens is 1. The molecular formula is C16H27BrN2O2. The number of benzene rings is 1. The molecule has 0 heterocycles. The van der Waals surface area contributed by atoms with Gasteiger partial charge in [0.25, 0.3) is 0 Å². The van der Waals surface area contributed by atoms with Crippen molar-refractivity contribution in [3.05, 3.63) is 33.8 Å². The predicted octanol–water partition coefficient (Wildman–Crippen LogP) is 2.74. The summed E-state index contributed by atoms with van der Waals surface area (Å²) < 4.78 is 11.5. The summed E-state index contributed by atoms with van der Waals surface area (Å²) in [4.78, 5) is 2.37. The molecule has 4 nitrogen and oxygen atoms in total. The average molecular weight is 359 g/mol. The van der Waals surface area contributed by atoms with Crippen molar-refractivity contribution in [2.75, 3.05) is 47.1 Å². The minimum atomic E-state index is 0.187. The van der Waals surface area contributed by atoms with Crippen LogP contribution in [-0.4, -0.2) is 52.0 Å². The quantitative estimate of drug-likeness (QED) is 0.653. The summed E-state index contributed by atoms with van der Waals surface area (Å²) in [5, 5.41) is 0. The largest absolute Gasteiger partial charge is 0.385 e. The highest BCUT2D eigenvalue weighted by atomic mass is 79.9. The molecular weight excluding hydrogens is 332 g/mol. The Morgan fingerprint density at radius 3 is 2.48 bits per heavy atom. The van der Waals surface area contributed by atoms with Gasteiger partial charge in [-0.3, -0.25) is 4.90 Å². The summed E-state index contributed by atoms with van der Waals surface area (Å²) in [5.41, 5.74) is 8.53. The van der Waals surface area contributed by atoms with Crippen molar-refractivity contribution in [3.8, 4) is 0 Å². The minimum absolute atomic E-state index is 0.187. The number of aryl methyl sites for hydroxylation is 1. The van der Waals surface area contributed by atoms with E-state index in [1.165, 1.54) is 11.1 Å². The van der Waals surface area contributed by atoms with Crippen LogP contribution in [-0.2, 0) is 9.47 Å². The van der Waals surface area contributed by atoms with Gasteiger partial charge in [0.05, 0.1) is 6.61 Å². The Labute approximate surface area is 136 Å². The maximum absolute atomic E-state index is 6.05. The summed E-state index contributed by atoms with van der Waals surface area (Å²) >= 11 is 3.67. The standard InChI is InChI=1S/C16H27BrN2O2/c1-13-5-6-14(15(17)11-13)16(12-18)19(8-10-21-3)7-4-9-20-2/h5-6,11,16H,4,7-10,12,18H2,1-3H3. The summed E-state index contributed by atoms with van der Waals surface area (Å²) in [5.74, 6) is 0. The van der Waals surface area contributed by atoms with Crippen LogP contribution in [0.4, 0.5) is 0 Å². The van der Waals surface area contributed by atoms with E-state index in [-0.39, 0.29) is 6.04 Å². The molecule has 5 heteroatoms. The normalized spacial score (nSPS) is 12.9. The smallest absolute Gasteiger partial charge is 0.0589 e. The maximum Gasteiger partial charge on any atom is 0.0589 e. The molecule has 0 aliphatic rings. The lowest BCUT2D eigenvalue weighted by Gasteiger charge is -2.31. The van der Waals surface area contributed by atoms with Gasteiger partial charge in [0, 0.05) is 51.0 Å². The van der Waals surface area contributed by atoms with Crippen LogP contribution in [0.5, 0.6) is 0 Å². The van der Waals surface area contributed by atoms with Gasteiger partial charge < -0.3 is 15.2 Å². The van der Waals surface area contributed by atoms with E-state index in [1.54, 1.807) is 14.2 Å². The monoisotopic (exact) mass is 358 g/mol. The van der Waals surface area contributed by atoms with Crippen LogP contribution in [0.3, 0.4) is 0 Å². The first-order valence-electron chi connectivity index (χ1n) is 7.32. The first-order chi connectivity index (χ1) is 10.1. The van der Waals surface area contributed by atoms with E-state index in [9.17, 15) is 0 Å². The summed E-state index contributed by atoms with van der Waals surface area (Å²) in [6.07, 6.45) is 0.986. The van der Waals surface area contributed by atoms with E-state index in [0.29, 0.717) is 13.2 Å². The van der Waals surface area contributed by atoms with Gasteiger partial charge in [-0.15, -0.1) is 0 Å². The Hall–Kier alpha value is -0.460. The Morgan fingerprint density at radius 1 is 1.19 bits per heavy atom. The molecule has 1 aromatic carbocycles. The number of methoxy groups -OCH3 is 2. The van der Waals surface area contributed by atoms with Crippen LogP contribution < -0.4 is 5.73 Å². The third-order valence-corrected chi connectivity index (χ3v) is 4.24. The SMILES string of the molecule is COCCCN(CCOC)C(CN)c1ccc(C)cc1Br. The van der Waals surface area contributed by atoms with Crippen LogP contribution in [0.25, 0.3) is 0 Å². The second-order valence-electron chi connectivity index (χ2n) is 5.15. The Balaban J connectivity index is 2.87. The molecule has 2 N–H and O–H groups in total. The highest BCUT2D eigenvalue weighted by Gasteiger charge is 2.20. The van der Waals surface area contributed by atoms with Crippen molar-refractivity contribution < 1.29 is 9.47 Å². The van der Waals surface area contributed by atoms with E-state index < -0.39 is 0 Å². The molecule has 1 aromatic rings. The number of nitrogens with zero attached hydrogens (tertiary/aromatic N) is 1. The van der Waals surface area contributed by atoms with E-state index in [1.807, 2.05) is 0 Å². The molecule has 0 fully saturated rings. The number of ether oxygens (including phenoxy) is 2. The maximum atomic E-state index is 6.05. The van der Waals surface area contributed by atoms with Crippen LogP contribution in [0, 0.1) is 6.92 Å².